The average molecular weight is 301 g/mol. The average Bonchev–Trinajstić information content (AvgIpc) is 2.84. The maximum absolute atomic E-state index is 12.4. The van der Waals surface area contributed by atoms with Crippen LogP contribution < -0.4 is 0 Å². The molecule has 1 fully saturated rings. The number of rotatable bonds is 4. The number of aromatic nitrogens is 2. The van der Waals surface area contributed by atoms with Crippen LogP contribution in [0.1, 0.15) is 30.7 Å². The number of fused-ring (bicyclic) bond motifs is 1. The molecule has 0 N–H and O–H groups in total. The van der Waals surface area contributed by atoms with E-state index in [2.05, 4.69) is 9.38 Å². The van der Waals surface area contributed by atoms with Gasteiger partial charge in [-0.3, -0.25) is 4.79 Å². The summed E-state index contributed by atoms with van der Waals surface area (Å²) in [4.78, 5) is 18.8. The third-order valence-electron chi connectivity index (χ3n) is 4.36. The standard InChI is InChI=1S/C17H23N3O2/c1-13-15(20-8-4-3-7-16(20)18-13)11-19(2)17(21)10-14-6-5-9-22-12-14/h3-4,7-8,14H,5-6,9-12H2,1-2H3/t14-/m1/s1. The number of pyridine rings is 1. The number of hydrogen-bond acceptors (Lipinski definition) is 3. The van der Waals surface area contributed by atoms with Gasteiger partial charge in [-0.25, -0.2) is 4.98 Å². The summed E-state index contributed by atoms with van der Waals surface area (Å²) in [6.07, 6.45) is 4.73. The first-order valence-electron chi connectivity index (χ1n) is 7.89. The molecule has 1 atom stereocenters. The fourth-order valence-electron chi connectivity index (χ4n) is 3.04. The molecule has 0 aromatic carbocycles. The quantitative estimate of drug-likeness (QED) is 0.871. The van der Waals surface area contributed by atoms with E-state index in [4.69, 9.17) is 4.74 Å². The first kappa shape index (κ1) is 15.0. The largest absolute Gasteiger partial charge is 0.381 e. The molecule has 5 nitrogen and oxygen atoms in total. The summed E-state index contributed by atoms with van der Waals surface area (Å²) in [6, 6.07) is 5.94. The fraction of sp³-hybridized carbons (Fsp3) is 0.529. The normalized spacial score (nSPS) is 18.5. The van der Waals surface area contributed by atoms with Crippen LogP contribution in [0.3, 0.4) is 0 Å². The van der Waals surface area contributed by atoms with Crippen molar-refractivity contribution in [2.75, 3.05) is 20.3 Å². The van der Waals surface area contributed by atoms with E-state index in [1.807, 2.05) is 38.4 Å². The second kappa shape index (κ2) is 6.48. The van der Waals surface area contributed by atoms with Crippen LogP contribution >= 0.6 is 0 Å². The second-order valence-electron chi connectivity index (χ2n) is 6.11. The van der Waals surface area contributed by atoms with Crippen LogP contribution in [0.25, 0.3) is 5.65 Å². The van der Waals surface area contributed by atoms with E-state index in [1.54, 1.807) is 4.90 Å². The molecule has 3 rings (SSSR count). The Bertz CT molecular complexity index is 659. The summed E-state index contributed by atoms with van der Waals surface area (Å²) in [5, 5.41) is 0. The van der Waals surface area contributed by atoms with Crippen molar-refractivity contribution in [2.24, 2.45) is 5.92 Å². The van der Waals surface area contributed by atoms with E-state index in [0.717, 1.165) is 36.5 Å². The zero-order valence-electron chi connectivity index (χ0n) is 13.3. The summed E-state index contributed by atoms with van der Waals surface area (Å²) in [5.41, 5.74) is 2.98. The molecule has 1 saturated heterocycles. The highest BCUT2D eigenvalue weighted by Crippen LogP contribution is 2.19. The number of hydrogen-bond donors (Lipinski definition) is 0. The van der Waals surface area contributed by atoms with Crippen molar-refractivity contribution in [2.45, 2.75) is 32.7 Å². The molecule has 2 aromatic rings. The van der Waals surface area contributed by atoms with Gasteiger partial charge >= 0.3 is 0 Å². The fourth-order valence-corrected chi connectivity index (χ4v) is 3.04. The van der Waals surface area contributed by atoms with Crippen LogP contribution in [-0.4, -0.2) is 40.5 Å². The van der Waals surface area contributed by atoms with Gasteiger partial charge in [0.25, 0.3) is 0 Å². The second-order valence-corrected chi connectivity index (χ2v) is 6.11. The SMILES string of the molecule is Cc1nc2ccccn2c1CN(C)C(=O)C[C@H]1CCCOC1. The van der Waals surface area contributed by atoms with Crippen molar-refractivity contribution in [3.63, 3.8) is 0 Å². The van der Waals surface area contributed by atoms with Crippen molar-refractivity contribution >= 4 is 11.6 Å². The highest BCUT2D eigenvalue weighted by Gasteiger charge is 2.21. The van der Waals surface area contributed by atoms with Crippen molar-refractivity contribution in [3.05, 3.63) is 35.8 Å². The van der Waals surface area contributed by atoms with Crippen LogP contribution in [0.15, 0.2) is 24.4 Å². The van der Waals surface area contributed by atoms with Gasteiger partial charge in [-0.05, 0) is 37.8 Å². The summed E-state index contributed by atoms with van der Waals surface area (Å²) in [6.45, 7) is 4.13. The van der Waals surface area contributed by atoms with E-state index in [0.29, 0.717) is 25.5 Å². The number of carbonyl (C=O) groups excluding carboxylic acids is 1. The van der Waals surface area contributed by atoms with Crippen molar-refractivity contribution in [3.8, 4) is 0 Å². The third kappa shape index (κ3) is 3.14. The molecule has 1 aliphatic heterocycles. The number of aryl methyl sites for hydroxylation is 1. The lowest BCUT2D eigenvalue weighted by Gasteiger charge is -2.24. The first-order valence-corrected chi connectivity index (χ1v) is 7.89. The smallest absolute Gasteiger partial charge is 0.223 e. The van der Waals surface area contributed by atoms with Crippen LogP contribution in [0.5, 0.6) is 0 Å². The molecule has 0 aliphatic carbocycles. The predicted octanol–water partition coefficient (Wildman–Crippen LogP) is 2.42. The minimum Gasteiger partial charge on any atom is -0.381 e. The Morgan fingerprint density at radius 2 is 2.36 bits per heavy atom. The number of ether oxygens (including phenoxy) is 1. The lowest BCUT2D eigenvalue weighted by Crippen LogP contribution is -2.31. The highest BCUT2D eigenvalue weighted by atomic mass is 16.5. The van der Waals surface area contributed by atoms with Crippen LogP contribution in [-0.2, 0) is 16.1 Å². The van der Waals surface area contributed by atoms with E-state index < -0.39 is 0 Å². The van der Waals surface area contributed by atoms with E-state index in [-0.39, 0.29) is 5.91 Å². The molecule has 2 aromatic heterocycles. The Morgan fingerprint density at radius 1 is 1.50 bits per heavy atom. The van der Waals surface area contributed by atoms with Gasteiger partial charge in [0.1, 0.15) is 5.65 Å². The Balaban J connectivity index is 1.68. The minimum absolute atomic E-state index is 0.181. The van der Waals surface area contributed by atoms with Gasteiger partial charge in [0.15, 0.2) is 0 Å². The summed E-state index contributed by atoms with van der Waals surface area (Å²) < 4.78 is 7.52. The predicted molar refractivity (Wildman–Crippen MR) is 84.6 cm³/mol. The van der Waals surface area contributed by atoms with Gasteiger partial charge in [0.05, 0.1) is 17.9 Å². The summed E-state index contributed by atoms with van der Waals surface area (Å²) >= 11 is 0. The van der Waals surface area contributed by atoms with Crippen molar-refractivity contribution < 1.29 is 9.53 Å². The molecule has 3 heterocycles. The molecule has 0 saturated carbocycles. The number of nitrogens with zero attached hydrogens (tertiary/aromatic N) is 3. The number of amides is 1. The zero-order chi connectivity index (χ0) is 15.5. The van der Waals surface area contributed by atoms with Crippen LogP contribution in [0, 0.1) is 12.8 Å². The number of carbonyl (C=O) groups is 1. The molecule has 0 spiro atoms. The van der Waals surface area contributed by atoms with Gasteiger partial charge in [-0.1, -0.05) is 6.07 Å². The maximum Gasteiger partial charge on any atom is 0.223 e. The molecule has 5 heteroatoms. The Kier molecular flexibility index (Phi) is 4.43. The molecule has 1 amide bonds. The molecule has 1 aliphatic rings. The van der Waals surface area contributed by atoms with E-state index in [1.165, 1.54) is 0 Å². The van der Waals surface area contributed by atoms with Crippen LogP contribution in [0.4, 0.5) is 0 Å². The van der Waals surface area contributed by atoms with Crippen molar-refractivity contribution in [1.82, 2.24) is 14.3 Å². The molecular weight excluding hydrogens is 278 g/mol. The summed E-state index contributed by atoms with van der Waals surface area (Å²) in [7, 11) is 1.87. The monoisotopic (exact) mass is 301 g/mol. The lowest BCUT2D eigenvalue weighted by atomic mass is 9.98. The van der Waals surface area contributed by atoms with E-state index in [9.17, 15) is 4.79 Å². The Labute approximate surface area is 130 Å². The maximum atomic E-state index is 12.4. The third-order valence-corrected chi connectivity index (χ3v) is 4.36. The van der Waals surface area contributed by atoms with Gasteiger partial charge in [-0.15, -0.1) is 0 Å². The molecule has 0 bridgehead atoms. The number of imidazole rings is 1. The van der Waals surface area contributed by atoms with Gasteiger partial charge in [0, 0.05) is 32.9 Å². The first-order chi connectivity index (χ1) is 10.6. The molecule has 22 heavy (non-hydrogen) atoms. The van der Waals surface area contributed by atoms with Crippen LogP contribution in [0.2, 0.25) is 0 Å². The lowest BCUT2D eigenvalue weighted by molar-refractivity contribution is -0.132. The molecule has 0 unspecified atom stereocenters. The molecule has 118 valence electrons. The van der Waals surface area contributed by atoms with Gasteiger partial charge in [0.2, 0.25) is 5.91 Å². The van der Waals surface area contributed by atoms with Gasteiger partial charge < -0.3 is 14.0 Å². The minimum atomic E-state index is 0.181. The van der Waals surface area contributed by atoms with Gasteiger partial charge in [-0.2, -0.15) is 0 Å². The Morgan fingerprint density at radius 3 is 3.14 bits per heavy atom. The van der Waals surface area contributed by atoms with E-state index >= 15 is 0 Å². The Hall–Kier alpha value is -1.88. The topological polar surface area (TPSA) is 46.8 Å². The zero-order valence-corrected chi connectivity index (χ0v) is 13.3. The summed E-state index contributed by atoms with van der Waals surface area (Å²) in [5.74, 6) is 0.549. The highest BCUT2D eigenvalue weighted by molar-refractivity contribution is 5.76. The molecule has 0 radical (unpaired) electrons. The van der Waals surface area contributed by atoms with Crippen molar-refractivity contribution in [1.29, 1.82) is 0 Å². The molecular formula is C17H23N3O2.